The average molecular weight is 340 g/mol. The molecule has 3 fully saturated rings. The normalized spacial score (nSPS) is 26.0. The highest BCUT2D eigenvalue weighted by atomic mass is 19.1. The third-order valence-corrected chi connectivity index (χ3v) is 5.96. The van der Waals surface area contributed by atoms with Crippen LogP contribution in [0.5, 0.6) is 0 Å². The van der Waals surface area contributed by atoms with E-state index in [1.54, 1.807) is 6.33 Å². The Morgan fingerprint density at radius 2 is 1.68 bits per heavy atom. The molecule has 0 spiro atoms. The van der Waals surface area contributed by atoms with Crippen molar-refractivity contribution in [3.63, 3.8) is 0 Å². The van der Waals surface area contributed by atoms with Crippen molar-refractivity contribution in [3.8, 4) is 0 Å². The van der Waals surface area contributed by atoms with E-state index in [-0.39, 0.29) is 5.82 Å². The zero-order chi connectivity index (χ0) is 16.8. The molecule has 0 N–H and O–H groups in total. The van der Waals surface area contributed by atoms with Crippen LogP contribution in [0.15, 0.2) is 24.9 Å². The molecule has 2 unspecified atom stereocenters. The molecule has 130 valence electrons. The number of hydrogen-bond donors (Lipinski definition) is 0. The smallest absolute Gasteiger partial charge is 0.183 e. The lowest BCUT2D eigenvalue weighted by atomic mass is 9.83. The second-order valence-corrected chi connectivity index (χ2v) is 7.45. The SMILES string of the molecule is Fc1cncnc1N1CC2CN(c3cc(C4CCC4)ncn3)CC2C1. The minimum atomic E-state index is -0.333. The molecular weight excluding hydrogens is 319 g/mol. The molecule has 0 radical (unpaired) electrons. The number of hydrogen-bond acceptors (Lipinski definition) is 6. The molecule has 0 bridgehead atoms. The number of aromatic nitrogens is 4. The Morgan fingerprint density at radius 1 is 0.920 bits per heavy atom. The van der Waals surface area contributed by atoms with E-state index in [2.05, 4.69) is 35.8 Å². The van der Waals surface area contributed by atoms with Crippen LogP contribution in [0.4, 0.5) is 16.0 Å². The first kappa shape index (κ1) is 15.0. The standard InChI is InChI=1S/C18H21FN6/c19-15-5-20-10-23-18(15)25-8-13-6-24(7-14(13)9-25)17-4-16(21-11-22-17)12-2-1-3-12/h4-5,10-14H,1-3,6-9H2. The van der Waals surface area contributed by atoms with Crippen molar-refractivity contribution in [1.29, 1.82) is 0 Å². The zero-order valence-electron chi connectivity index (χ0n) is 14.1. The van der Waals surface area contributed by atoms with Crippen LogP contribution in [0.25, 0.3) is 0 Å². The Labute approximate surface area is 146 Å². The second-order valence-electron chi connectivity index (χ2n) is 7.45. The molecule has 5 rings (SSSR count). The lowest BCUT2D eigenvalue weighted by Gasteiger charge is -2.26. The van der Waals surface area contributed by atoms with Crippen molar-refractivity contribution in [2.24, 2.45) is 11.8 Å². The summed E-state index contributed by atoms with van der Waals surface area (Å²) in [4.78, 5) is 21.2. The molecule has 1 saturated carbocycles. The van der Waals surface area contributed by atoms with Gasteiger partial charge in [0, 0.05) is 55.7 Å². The van der Waals surface area contributed by atoms with Crippen molar-refractivity contribution in [1.82, 2.24) is 19.9 Å². The molecule has 3 aliphatic rings. The van der Waals surface area contributed by atoms with Gasteiger partial charge in [-0.05, 0) is 12.8 Å². The third-order valence-electron chi connectivity index (χ3n) is 5.96. The summed E-state index contributed by atoms with van der Waals surface area (Å²) in [6.45, 7) is 3.62. The van der Waals surface area contributed by atoms with E-state index in [9.17, 15) is 4.39 Å². The van der Waals surface area contributed by atoms with E-state index in [1.807, 2.05) is 0 Å². The minimum absolute atomic E-state index is 0.333. The largest absolute Gasteiger partial charge is 0.356 e. The summed E-state index contributed by atoms with van der Waals surface area (Å²) in [7, 11) is 0. The van der Waals surface area contributed by atoms with Gasteiger partial charge in [-0.1, -0.05) is 6.42 Å². The van der Waals surface area contributed by atoms with Gasteiger partial charge in [0.1, 0.15) is 18.5 Å². The molecule has 2 saturated heterocycles. The highest BCUT2D eigenvalue weighted by Crippen LogP contribution is 2.38. The van der Waals surface area contributed by atoms with E-state index in [1.165, 1.54) is 37.5 Å². The van der Waals surface area contributed by atoms with Crippen LogP contribution in [-0.2, 0) is 0 Å². The first-order chi connectivity index (χ1) is 12.3. The fourth-order valence-corrected chi connectivity index (χ4v) is 4.35. The van der Waals surface area contributed by atoms with Gasteiger partial charge in [-0.25, -0.2) is 24.3 Å². The van der Waals surface area contributed by atoms with Crippen LogP contribution in [-0.4, -0.2) is 46.1 Å². The lowest BCUT2D eigenvalue weighted by Crippen LogP contribution is -2.30. The van der Waals surface area contributed by atoms with Gasteiger partial charge in [0.25, 0.3) is 0 Å². The highest BCUT2D eigenvalue weighted by molar-refractivity contribution is 5.45. The Bertz CT molecular complexity index is 766. The van der Waals surface area contributed by atoms with Crippen LogP contribution < -0.4 is 9.80 Å². The summed E-state index contributed by atoms with van der Waals surface area (Å²) >= 11 is 0. The van der Waals surface area contributed by atoms with Crippen molar-refractivity contribution in [2.75, 3.05) is 36.0 Å². The maximum absolute atomic E-state index is 13.9. The third kappa shape index (κ3) is 2.62. The predicted molar refractivity (Wildman–Crippen MR) is 92.0 cm³/mol. The molecule has 0 amide bonds. The van der Waals surface area contributed by atoms with Gasteiger partial charge in [0.05, 0.1) is 6.20 Å². The number of halogens is 1. The monoisotopic (exact) mass is 340 g/mol. The average Bonchev–Trinajstić information content (AvgIpc) is 3.13. The molecule has 6 nitrogen and oxygen atoms in total. The summed E-state index contributed by atoms with van der Waals surface area (Å²) in [5.74, 6) is 2.82. The highest BCUT2D eigenvalue weighted by Gasteiger charge is 2.41. The van der Waals surface area contributed by atoms with Crippen LogP contribution in [0.1, 0.15) is 30.9 Å². The Hall–Kier alpha value is -2.31. The predicted octanol–water partition coefficient (Wildman–Crippen LogP) is 2.25. The van der Waals surface area contributed by atoms with Gasteiger partial charge >= 0.3 is 0 Å². The maximum atomic E-state index is 13.9. The Kier molecular flexibility index (Phi) is 3.53. The Balaban J connectivity index is 1.29. The van der Waals surface area contributed by atoms with Gasteiger partial charge in [0.2, 0.25) is 0 Å². The summed E-state index contributed by atoms with van der Waals surface area (Å²) in [6.07, 6.45) is 8.18. The van der Waals surface area contributed by atoms with Crippen molar-refractivity contribution < 1.29 is 4.39 Å². The number of fused-ring (bicyclic) bond motifs is 1. The van der Waals surface area contributed by atoms with Crippen molar-refractivity contribution >= 4 is 11.6 Å². The summed E-state index contributed by atoms with van der Waals surface area (Å²) in [5.41, 5.74) is 1.19. The van der Waals surface area contributed by atoms with Gasteiger partial charge in [-0.15, -0.1) is 0 Å². The minimum Gasteiger partial charge on any atom is -0.356 e. The topological polar surface area (TPSA) is 58.0 Å². The molecular formula is C18H21FN6. The van der Waals surface area contributed by atoms with Crippen LogP contribution in [0.2, 0.25) is 0 Å². The molecule has 7 heteroatoms. The maximum Gasteiger partial charge on any atom is 0.183 e. The van der Waals surface area contributed by atoms with E-state index in [0.29, 0.717) is 23.6 Å². The molecule has 2 aliphatic heterocycles. The first-order valence-corrected chi connectivity index (χ1v) is 9.05. The second kappa shape index (κ2) is 5.89. The van der Waals surface area contributed by atoms with Crippen LogP contribution in [0, 0.1) is 17.7 Å². The fourth-order valence-electron chi connectivity index (χ4n) is 4.35. The number of nitrogens with zero attached hydrogens (tertiary/aromatic N) is 6. The van der Waals surface area contributed by atoms with Gasteiger partial charge < -0.3 is 9.80 Å². The molecule has 2 atom stereocenters. The zero-order valence-corrected chi connectivity index (χ0v) is 14.1. The summed E-state index contributed by atoms with van der Waals surface area (Å²) in [6, 6.07) is 2.17. The lowest BCUT2D eigenvalue weighted by molar-refractivity contribution is 0.410. The van der Waals surface area contributed by atoms with E-state index in [4.69, 9.17) is 0 Å². The quantitative estimate of drug-likeness (QED) is 0.854. The Morgan fingerprint density at radius 3 is 2.36 bits per heavy atom. The van der Waals surface area contributed by atoms with E-state index >= 15 is 0 Å². The van der Waals surface area contributed by atoms with E-state index < -0.39 is 0 Å². The van der Waals surface area contributed by atoms with Gasteiger partial charge in [-0.3, -0.25) is 0 Å². The van der Waals surface area contributed by atoms with Crippen LogP contribution >= 0.6 is 0 Å². The van der Waals surface area contributed by atoms with Crippen molar-refractivity contribution in [2.45, 2.75) is 25.2 Å². The number of anilines is 2. The summed E-state index contributed by atoms with van der Waals surface area (Å²) < 4.78 is 13.9. The van der Waals surface area contributed by atoms with Crippen LogP contribution in [0.3, 0.4) is 0 Å². The molecule has 1 aliphatic carbocycles. The van der Waals surface area contributed by atoms with Gasteiger partial charge in [0.15, 0.2) is 11.6 Å². The van der Waals surface area contributed by atoms with Crippen molar-refractivity contribution in [3.05, 3.63) is 36.4 Å². The molecule has 2 aromatic heterocycles. The van der Waals surface area contributed by atoms with Gasteiger partial charge in [-0.2, -0.15) is 0 Å². The molecule has 0 aromatic carbocycles. The summed E-state index contributed by atoms with van der Waals surface area (Å²) in [5, 5.41) is 0. The van der Waals surface area contributed by atoms with E-state index in [0.717, 1.165) is 32.0 Å². The molecule has 4 heterocycles. The fraction of sp³-hybridized carbons (Fsp3) is 0.556. The molecule has 25 heavy (non-hydrogen) atoms. The molecule has 2 aromatic rings. The number of rotatable bonds is 3. The first-order valence-electron chi connectivity index (χ1n) is 9.05.